The Bertz CT molecular complexity index is 1640. The van der Waals surface area contributed by atoms with Crippen molar-refractivity contribution < 1.29 is 0 Å². The molecule has 0 unspecified atom stereocenters. The van der Waals surface area contributed by atoms with Gasteiger partial charge in [0.05, 0.1) is 22.7 Å². The molecule has 7 heteroatoms. The van der Waals surface area contributed by atoms with E-state index in [-0.39, 0.29) is 0 Å². The molecule has 0 bridgehead atoms. The first-order valence-corrected chi connectivity index (χ1v) is 11.1. The number of benzene rings is 2. The lowest BCUT2D eigenvalue weighted by atomic mass is 10.00. The van der Waals surface area contributed by atoms with E-state index in [9.17, 15) is 0 Å². The van der Waals surface area contributed by atoms with Crippen molar-refractivity contribution >= 4 is 27.6 Å². The lowest BCUT2D eigenvalue weighted by molar-refractivity contribution is 1.11. The molecule has 0 spiro atoms. The maximum absolute atomic E-state index is 4.93. The summed E-state index contributed by atoms with van der Waals surface area (Å²) >= 11 is 0. The van der Waals surface area contributed by atoms with Crippen LogP contribution in [-0.4, -0.2) is 44.2 Å². The van der Waals surface area contributed by atoms with Crippen LogP contribution in [0.15, 0.2) is 73.3 Å². The number of aromatic nitrogens is 6. The molecule has 0 aliphatic heterocycles. The maximum Gasteiger partial charge on any atom is 0.159 e. The molecule has 0 radical (unpaired) electrons. The van der Waals surface area contributed by atoms with Crippen LogP contribution in [-0.2, 0) is 0 Å². The van der Waals surface area contributed by atoms with Gasteiger partial charge in [-0.05, 0) is 65.6 Å². The first-order valence-electron chi connectivity index (χ1n) is 11.1. The predicted molar refractivity (Wildman–Crippen MR) is 137 cm³/mol. The summed E-state index contributed by atoms with van der Waals surface area (Å²) in [5, 5.41) is 8.78. The van der Waals surface area contributed by atoms with Crippen LogP contribution in [0.4, 0.5) is 5.69 Å². The molecule has 0 amide bonds. The van der Waals surface area contributed by atoms with Crippen LogP contribution in [0.2, 0.25) is 0 Å². The molecule has 0 saturated carbocycles. The lowest BCUT2D eigenvalue weighted by Crippen LogP contribution is -2.08. The van der Waals surface area contributed by atoms with Gasteiger partial charge in [0.25, 0.3) is 0 Å². The van der Waals surface area contributed by atoms with Gasteiger partial charge in [-0.25, -0.2) is 4.98 Å². The third kappa shape index (κ3) is 3.38. The van der Waals surface area contributed by atoms with Crippen molar-refractivity contribution in [3.63, 3.8) is 0 Å². The van der Waals surface area contributed by atoms with Gasteiger partial charge in [0.15, 0.2) is 5.82 Å². The maximum atomic E-state index is 4.93. The van der Waals surface area contributed by atoms with Gasteiger partial charge in [-0.1, -0.05) is 12.1 Å². The SMILES string of the molecule is Cc1cc(-c2ccc3[nH]nc(-c4nc5c(-c6ccncc6)cncc5[nH]4)c3c2)cc(N(C)C)c1. The summed E-state index contributed by atoms with van der Waals surface area (Å²) in [6, 6.07) is 16.9. The van der Waals surface area contributed by atoms with Gasteiger partial charge in [-0.3, -0.25) is 15.1 Å². The highest BCUT2D eigenvalue weighted by atomic mass is 15.1. The Kier molecular flexibility index (Phi) is 4.62. The number of aromatic amines is 2. The van der Waals surface area contributed by atoms with E-state index in [1.165, 1.54) is 16.8 Å². The highest BCUT2D eigenvalue weighted by molar-refractivity contribution is 5.98. The zero-order valence-corrected chi connectivity index (χ0v) is 19.2. The molecule has 6 aromatic rings. The number of anilines is 1. The average molecular weight is 446 g/mol. The molecule has 166 valence electrons. The van der Waals surface area contributed by atoms with Crippen molar-refractivity contribution in [2.24, 2.45) is 0 Å². The van der Waals surface area contributed by atoms with E-state index in [4.69, 9.17) is 4.98 Å². The number of hydrogen-bond acceptors (Lipinski definition) is 5. The zero-order valence-electron chi connectivity index (χ0n) is 19.2. The van der Waals surface area contributed by atoms with Crippen LogP contribution in [0, 0.1) is 6.92 Å². The summed E-state index contributed by atoms with van der Waals surface area (Å²) < 4.78 is 0. The summed E-state index contributed by atoms with van der Waals surface area (Å²) in [6.07, 6.45) is 7.18. The number of fused-ring (bicyclic) bond motifs is 2. The molecule has 0 saturated heterocycles. The minimum Gasteiger partial charge on any atom is -0.378 e. The van der Waals surface area contributed by atoms with E-state index in [2.05, 4.69) is 87.5 Å². The molecule has 4 heterocycles. The molecule has 2 aromatic carbocycles. The van der Waals surface area contributed by atoms with Crippen LogP contribution in [0.5, 0.6) is 0 Å². The van der Waals surface area contributed by atoms with E-state index in [1.807, 2.05) is 18.3 Å². The molecule has 0 aliphatic carbocycles. The number of nitrogens with zero attached hydrogens (tertiary/aromatic N) is 5. The molecular weight excluding hydrogens is 422 g/mol. The molecule has 0 fully saturated rings. The van der Waals surface area contributed by atoms with Gasteiger partial charge in [-0.2, -0.15) is 5.10 Å². The van der Waals surface area contributed by atoms with E-state index >= 15 is 0 Å². The summed E-state index contributed by atoms with van der Waals surface area (Å²) in [5.41, 5.74) is 10.2. The standard InChI is InChI=1S/C27H23N7/c1-16-10-19(12-20(11-16)34(2)3)18-4-5-23-21(13-18)26(33-32-23)27-30-24-15-29-14-22(25(24)31-27)17-6-8-28-9-7-17/h4-15H,1-3H3,(H,30,31)(H,32,33). The summed E-state index contributed by atoms with van der Waals surface area (Å²) in [4.78, 5) is 19.0. The van der Waals surface area contributed by atoms with Crippen molar-refractivity contribution in [2.45, 2.75) is 6.92 Å². The van der Waals surface area contributed by atoms with Crippen molar-refractivity contribution in [1.82, 2.24) is 30.1 Å². The fourth-order valence-corrected chi connectivity index (χ4v) is 4.35. The lowest BCUT2D eigenvalue weighted by Gasteiger charge is -2.15. The normalized spacial score (nSPS) is 11.4. The quantitative estimate of drug-likeness (QED) is 0.369. The highest BCUT2D eigenvalue weighted by Gasteiger charge is 2.16. The molecule has 6 rings (SSSR count). The molecular formula is C27H23N7. The number of rotatable bonds is 4. The van der Waals surface area contributed by atoms with Crippen molar-refractivity contribution in [3.05, 3.63) is 78.9 Å². The minimum absolute atomic E-state index is 0.708. The first-order chi connectivity index (χ1) is 16.6. The Hall–Kier alpha value is -4.52. The third-order valence-corrected chi connectivity index (χ3v) is 6.08. The van der Waals surface area contributed by atoms with Crippen LogP contribution < -0.4 is 4.90 Å². The number of imidazole rings is 1. The second-order valence-corrected chi connectivity index (χ2v) is 8.69. The molecule has 2 N–H and O–H groups in total. The Labute approximate surface area is 196 Å². The van der Waals surface area contributed by atoms with Gasteiger partial charge in [-0.15, -0.1) is 0 Å². The van der Waals surface area contributed by atoms with Crippen molar-refractivity contribution in [2.75, 3.05) is 19.0 Å². The monoisotopic (exact) mass is 445 g/mol. The highest BCUT2D eigenvalue weighted by Crippen LogP contribution is 2.33. The zero-order chi connectivity index (χ0) is 23.2. The average Bonchev–Trinajstić information content (AvgIpc) is 3.47. The van der Waals surface area contributed by atoms with Gasteiger partial charge in [0, 0.05) is 49.3 Å². The largest absolute Gasteiger partial charge is 0.378 e. The van der Waals surface area contributed by atoms with Crippen LogP contribution in [0.3, 0.4) is 0 Å². The fourth-order valence-electron chi connectivity index (χ4n) is 4.35. The Balaban J connectivity index is 1.49. The fraction of sp³-hybridized carbons (Fsp3) is 0.111. The molecule has 0 aliphatic rings. The number of nitrogens with one attached hydrogen (secondary N) is 2. The topological polar surface area (TPSA) is 86.4 Å². The second kappa shape index (κ2) is 7.81. The second-order valence-electron chi connectivity index (χ2n) is 8.69. The van der Waals surface area contributed by atoms with Gasteiger partial charge in [0.1, 0.15) is 5.69 Å². The summed E-state index contributed by atoms with van der Waals surface area (Å²) in [7, 11) is 4.12. The van der Waals surface area contributed by atoms with E-state index in [0.717, 1.165) is 44.3 Å². The Morgan fingerprint density at radius 2 is 1.65 bits per heavy atom. The van der Waals surface area contributed by atoms with Gasteiger partial charge >= 0.3 is 0 Å². The van der Waals surface area contributed by atoms with Gasteiger partial charge < -0.3 is 9.88 Å². The first kappa shape index (κ1) is 20.1. The number of aryl methyl sites for hydroxylation is 1. The summed E-state index contributed by atoms with van der Waals surface area (Å²) in [5.74, 6) is 0.708. The number of H-pyrrole nitrogens is 2. The molecule has 4 aromatic heterocycles. The Morgan fingerprint density at radius 3 is 2.47 bits per heavy atom. The molecule has 0 atom stereocenters. The smallest absolute Gasteiger partial charge is 0.159 e. The van der Waals surface area contributed by atoms with Crippen LogP contribution in [0.25, 0.3) is 55.7 Å². The molecule has 7 nitrogen and oxygen atoms in total. The van der Waals surface area contributed by atoms with Gasteiger partial charge in [0.2, 0.25) is 0 Å². The van der Waals surface area contributed by atoms with E-state index < -0.39 is 0 Å². The van der Waals surface area contributed by atoms with Crippen LogP contribution in [0.1, 0.15) is 5.56 Å². The van der Waals surface area contributed by atoms with E-state index in [0.29, 0.717) is 5.82 Å². The van der Waals surface area contributed by atoms with Crippen molar-refractivity contribution in [3.8, 4) is 33.8 Å². The van der Waals surface area contributed by atoms with Crippen molar-refractivity contribution in [1.29, 1.82) is 0 Å². The summed E-state index contributed by atoms with van der Waals surface area (Å²) in [6.45, 7) is 2.13. The molecule has 34 heavy (non-hydrogen) atoms. The van der Waals surface area contributed by atoms with Crippen LogP contribution >= 0.6 is 0 Å². The number of pyridine rings is 2. The minimum atomic E-state index is 0.708. The van der Waals surface area contributed by atoms with E-state index in [1.54, 1.807) is 18.6 Å². The number of hydrogen-bond donors (Lipinski definition) is 2. The third-order valence-electron chi connectivity index (χ3n) is 6.08. The Morgan fingerprint density at radius 1 is 0.794 bits per heavy atom. The predicted octanol–water partition coefficient (Wildman–Crippen LogP) is 5.60.